The van der Waals surface area contributed by atoms with Crippen LogP contribution in [0.5, 0.6) is 0 Å². The van der Waals surface area contributed by atoms with Gasteiger partial charge in [-0.2, -0.15) is 0 Å². The average Bonchev–Trinajstić information content (AvgIpc) is 2.68. The molecule has 3 rings (SSSR count). The Labute approximate surface area is 151 Å². The number of carbonyl (C=O) groups excluding carboxylic acids is 1. The van der Waals surface area contributed by atoms with Crippen molar-refractivity contribution in [3.63, 3.8) is 0 Å². The molecule has 1 heterocycles. The van der Waals surface area contributed by atoms with E-state index in [0.29, 0.717) is 18.5 Å². The van der Waals surface area contributed by atoms with Crippen LogP contribution in [0.25, 0.3) is 0 Å². The lowest BCUT2D eigenvalue weighted by atomic mass is 9.90. The van der Waals surface area contributed by atoms with Gasteiger partial charge in [-0.25, -0.2) is 0 Å². The van der Waals surface area contributed by atoms with Crippen LogP contribution >= 0.6 is 0 Å². The number of quaternary nitrogens is 1. The van der Waals surface area contributed by atoms with Crippen LogP contribution < -0.4 is 5.32 Å². The van der Waals surface area contributed by atoms with Gasteiger partial charge < -0.3 is 10.2 Å². The molecule has 0 unspecified atom stereocenters. The Hall–Kier alpha value is -2.13. The van der Waals surface area contributed by atoms with Gasteiger partial charge >= 0.3 is 0 Å². The van der Waals surface area contributed by atoms with Crippen LogP contribution in [0.2, 0.25) is 0 Å². The van der Waals surface area contributed by atoms with E-state index in [4.69, 9.17) is 0 Å². The second-order valence-electron chi connectivity index (χ2n) is 7.15. The van der Waals surface area contributed by atoms with E-state index in [1.807, 2.05) is 6.07 Å². The van der Waals surface area contributed by atoms with E-state index in [2.05, 4.69) is 71.7 Å². The number of amides is 1. The molecule has 0 aromatic heterocycles. The first-order valence-electron chi connectivity index (χ1n) is 9.42. The lowest BCUT2D eigenvalue weighted by Crippen LogP contribution is -2.87. The lowest BCUT2D eigenvalue weighted by Gasteiger charge is -2.32. The summed E-state index contributed by atoms with van der Waals surface area (Å²) < 4.78 is 0. The van der Waals surface area contributed by atoms with Gasteiger partial charge in [0.1, 0.15) is 6.04 Å². The minimum absolute atomic E-state index is 0.279. The standard InChI is InChI=1S/C22H28N2O/c1-18(21-10-6-3-7-11-21)23-17-22(25)24-14-12-20(13-15-24)16-19-8-4-2-5-9-19/h2-11,18,20,23H,12-17H2,1H3/p+1/t18-/m1/s1. The van der Waals surface area contributed by atoms with E-state index in [1.54, 1.807) is 0 Å². The summed E-state index contributed by atoms with van der Waals surface area (Å²) in [7, 11) is 0. The van der Waals surface area contributed by atoms with Crippen molar-refractivity contribution >= 4 is 5.91 Å². The van der Waals surface area contributed by atoms with Crippen LogP contribution in [0.1, 0.15) is 36.9 Å². The fourth-order valence-electron chi connectivity index (χ4n) is 3.63. The van der Waals surface area contributed by atoms with Gasteiger partial charge in [-0.1, -0.05) is 60.7 Å². The lowest BCUT2D eigenvalue weighted by molar-refractivity contribution is -0.683. The molecule has 0 radical (unpaired) electrons. The van der Waals surface area contributed by atoms with Crippen LogP contribution in [0, 0.1) is 5.92 Å². The van der Waals surface area contributed by atoms with E-state index in [9.17, 15) is 4.79 Å². The van der Waals surface area contributed by atoms with Crippen molar-refractivity contribution in [1.29, 1.82) is 0 Å². The molecule has 1 atom stereocenters. The maximum atomic E-state index is 12.5. The van der Waals surface area contributed by atoms with Crippen molar-refractivity contribution in [1.82, 2.24) is 4.90 Å². The molecule has 0 bridgehead atoms. The van der Waals surface area contributed by atoms with E-state index >= 15 is 0 Å². The number of nitrogens with two attached hydrogens (primary N) is 1. The van der Waals surface area contributed by atoms with Crippen molar-refractivity contribution in [2.45, 2.75) is 32.2 Å². The first kappa shape index (κ1) is 17.7. The summed E-state index contributed by atoms with van der Waals surface area (Å²) in [5, 5.41) is 2.15. The number of nitrogens with zero attached hydrogens (tertiary/aromatic N) is 1. The quantitative estimate of drug-likeness (QED) is 0.865. The predicted octanol–water partition coefficient (Wildman–Crippen LogP) is 2.79. The first-order chi connectivity index (χ1) is 12.2. The number of rotatable bonds is 6. The predicted molar refractivity (Wildman–Crippen MR) is 101 cm³/mol. The Bertz CT molecular complexity index is 648. The Kier molecular flexibility index (Phi) is 6.24. The summed E-state index contributed by atoms with van der Waals surface area (Å²) in [5.74, 6) is 0.986. The number of piperidine rings is 1. The van der Waals surface area contributed by atoms with E-state index in [0.717, 1.165) is 32.4 Å². The third kappa shape index (κ3) is 5.17. The van der Waals surface area contributed by atoms with Gasteiger partial charge in [0.2, 0.25) is 0 Å². The van der Waals surface area contributed by atoms with Gasteiger partial charge in [-0.05, 0) is 37.7 Å². The minimum Gasteiger partial charge on any atom is -0.338 e. The molecule has 0 spiro atoms. The van der Waals surface area contributed by atoms with Gasteiger partial charge in [0.15, 0.2) is 6.54 Å². The maximum Gasteiger partial charge on any atom is 0.277 e. The highest BCUT2D eigenvalue weighted by atomic mass is 16.2. The Morgan fingerprint density at radius 3 is 2.28 bits per heavy atom. The van der Waals surface area contributed by atoms with Crippen LogP contribution in [-0.2, 0) is 11.2 Å². The Morgan fingerprint density at radius 2 is 1.64 bits per heavy atom. The summed E-state index contributed by atoms with van der Waals surface area (Å²) in [6.45, 7) is 4.52. The van der Waals surface area contributed by atoms with Gasteiger partial charge in [-0.15, -0.1) is 0 Å². The van der Waals surface area contributed by atoms with Crippen molar-refractivity contribution in [3.05, 3.63) is 71.8 Å². The summed E-state index contributed by atoms with van der Waals surface area (Å²) in [4.78, 5) is 14.5. The van der Waals surface area contributed by atoms with Crippen molar-refractivity contribution in [2.75, 3.05) is 19.6 Å². The topological polar surface area (TPSA) is 36.9 Å². The molecule has 1 aliphatic rings. The SMILES string of the molecule is C[C@@H]([NH2+]CC(=O)N1CCC(Cc2ccccc2)CC1)c1ccccc1. The molecule has 2 aromatic carbocycles. The second kappa shape index (κ2) is 8.82. The minimum atomic E-state index is 0.279. The number of likely N-dealkylation sites (tertiary alicyclic amines) is 1. The zero-order valence-corrected chi connectivity index (χ0v) is 15.1. The largest absolute Gasteiger partial charge is 0.338 e. The molecule has 25 heavy (non-hydrogen) atoms. The van der Waals surface area contributed by atoms with Crippen molar-refractivity contribution in [3.8, 4) is 0 Å². The summed E-state index contributed by atoms with van der Waals surface area (Å²) in [5.41, 5.74) is 2.69. The van der Waals surface area contributed by atoms with Crippen LogP contribution in [0.4, 0.5) is 0 Å². The zero-order chi connectivity index (χ0) is 17.5. The molecule has 1 saturated heterocycles. The smallest absolute Gasteiger partial charge is 0.277 e. The van der Waals surface area contributed by atoms with Crippen molar-refractivity contribution in [2.24, 2.45) is 5.92 Å². The maximum absolute atomic E-state index is 12.5. The summed E-state index contributed by atoms with van der Waals surface area (Å²) in [6.07, 6.45) is 3.38. The summed E-state index contributed by atoms with van der Waals surface area (Å²) >= 11 is 0. The molecule has 1 fully saturated rings. The molecule has 2 N–H and O–H groups in total. The average molecular weight is 337 g/mol. The molecule has 2 aromatic rings. The van der Waals surface area contributed by atoms with Crippen LogP contribution in [0.3, 0.4) is 0 Å². The molecule has 0 saturated carbocycles. The fourth-order valence-corrected chi connectivity index (χ4v) is 3.63. The molecule has 132 valence electrons. The third-order valence-corrected chi connectivity index (χ3v) is 5.31. The van der Waals surface area contributed by atoms with Gasteiger partial charge in [-0.3, -0.25) is 4.79 Å². The van der Waals surface area contributed by atoms with E-state index in [-0.39, 0.29) is 5.91 Å². The Balaban J connectivity index is 1.41. The highest BCUT2D eigenvalue weighted by molar-refractivity contribution is 5.77. The highest BCUT2D eigenvalue weighted by Crippen LogP contribution is 2.21. The fraction of sp³-hybridized carbons (Fsp3) is 0.409. The van der Waals surface area contributed by atoms with Crippen LogP contribution in [0.15, 0.2) is 60.7 Å². The number of carbonyl (C=O) groups is 1. The Morgan fingerprint density at radius 1 is 1.04 bits per heavy atom. The third-order valence-electron chi connectivity index (χ3n) is 5.31. The monoisotopic (exact) mass is 337 g/mol. The molecule has 1 aliphatic heterocycles. The molecule has 1 amide bonds. The van der Waals surface area contributed by atoms with E-state index in [1.165, 1.54) is 11.1 Å². The normalized spacial score (nSPS) is 16.6. The zero-order valence-electron chi connectivity index (χ0n) is 15.1. The van der Waals surface area contributed by atoms with Crippen LogP contribution in [-0.4, -0.2) is 30.4 Å². The number of benzene rings is 2. The molecule has 3 nitrogen and oxygen atoms in total. The van der Waals surface area contributed by atoms with Crippen molar-refractivity contribution < 1.29 is 10.1 Å². The number of hydrogen-bond acceptors (Lipinski definition) is 1. The van der Waals surface area contributed by atoms with Gasteiger partial charge in [0.25, 0.3) is 5.91 Å². The highest BCUT2D eigenvalue weighted by Gasteiger charge is 2.24. The molecule has 0 aliphatic carbocycles. The molecular weight excluding hydrogens is 308 g/mol. The van der Waals surface area contributed by atoms with E-state index < -0.39 is 0 Å². The summed E-state index contributed by atoms with van der Waals surface area (Å²) in [6, 6.07) is 21.4. The number of hydrogen-bond donors (Lipinski definition) is 1. The van der Waals surface area contributed by atoms with Gasteiger partial charge in [0, 0.05) is 18.7 Å². The second-order valence-corrected chi connectivity index (χ2v) is 7.15. The molecular formula is C22H29N2O+. The molecule has 3 heteroatoms. The first-order valence-corrected chi connectivity index (χ1v) is 9.42. The van der Waals surface area contributed by atoms with Gasteiger partial charge in [0.05, 0.1) is 0 Å².